The van der Waals surface area contributed by atoms with E-state index in [1.165, 1.54) is 0 Å². The van der Waals surface area contributed by atoms with Gasteiger partial charge in [-0.1, -0.05) is 11.6 Å². The first-order valence-corrected chi connectivity index (χ1v) is 7.73. The number of halogens is 2. The summed E-state index contributed by atoms with van der Waals surface area (Å²) in [4.78, 5) is 13.9. The minimum atomic E-state index is -0.0455. The van der Waals surface area contributed by atoms with Crippen molar-refractivity contribution in [3.8, 4) is 0 Å². The van der Waals surface area contributed by atoms with Crippen LogP contribution < -0.4 is 0 Å². The maximum absolute atomic E-state index is 12.2. The molecule has 6 nitrogen and oxygen atoms in total. The van der Waals surface area contributed by atoms with E-state index in [9.17, 15) is 4.79 Å². The molecule has 21 heavy (non-hydrogen) atoms. The largest absolute Gasteiger partial charge is 0.338 e. The summed E-state index contributed by atoms with van der Waals surface area (Å²) in [6.45, 7) is 5.26. The van der Waals surface area contributed by atoms with Gasteiger partial charge in [-0.25, -0.2) is 0 Å². The molecule has 2 heterocycles. The highest BCUT2D eigenvalue weighted by Crippen LogP contribution is 2.17. The molecule has 0 atom stereocenters. The Morgan fingerprint density at radius 2 is 2.24 bits per heavy atom. The van der Waals surface area contributed by atoms with Crippen LogP contribution in [0.2, 0.25) is 5.02 Å². The van der Waals surface area contributed by atoms with Gasteiger partial charge in [-0.05, 0) is 29.8 Å². The highest BCUT2D eigenvalue weighted by Gasteiger charge is 2.16. The fourth-order valence-electron chi connectivity index (χ4n) is 1.85. The number of amides is 1. The fourth-order valence-corrected chi connectivity index (χ4v) is 2.43. The van der Waals surface area contributed by atoms with Gasteiger partial charge in [-0.3, -0.25) is 14.2 Å². The Balaban J connectivity index is 2.02. The smallest absolute Gasteiger partial charge is 0.244 e. The van der Waals surface area contributed by atoms with Gasteiger partial charge >= 0.3 is 0 Å². The Labute approximate surface area is 136 Å². The Kier molecular flexibility index (Phi) is 5.05. The molecule has 0 unspecified atom stereocenters. The summed E-state index contributed by atoms with van der Waals surface area (Å²) in [5.74, 6) is -0.0455. The Morgan fingerprint density at radius 3 is 2.76 bits per heavy atom. The topological polar surface area (TPSA) is 56.0 Å². The number of aryl methyl sites for hydroxylation is 1. The van der Waals surface area contributed by atoms with E-state index in [0.717, 1.165) is 22.4 Å². The van der Waals surface area contributed by atoms with Gasteiger partial charge in [0.05, 0.1) is 33.6 Å². The molecule has 0 aromatic carbocycles. The molecule has 0 spiro atoms. The van der Waals surface area contributed by atoms with Gasteiger partial charge in [0.1, 0.15) is 6.54 Å². The Hall–Kier alpha value is -1.34. The van der Waals surface area contributed by atoms with Crippen molar-refractivity contribution in [1.82, 2.24) is 24.5 Å². The quantitative estimate of drug-likeness (QED) is 0.808. The lowest BCUT2D eigenvalue weighted by atomic mass is 10.4. The third-order valence-electron chi connectivity index (χ3n) is 3.25. The van der Waals surface area contributed by atoms with Gasteiger partial charge in [0.25, 0.3) is 0 Å². The summed E-state index contributed by atoms with van der Waals surface area (Å²) in [6.07, 6.45) is 3.45. The zero-order chi connectivity index (χ0) is 15.6. The predicted octanol–water partition coefficient (Wildman–Crippen LogP) is 2.48. The molecule has 0 saturated heterocycles. The molecule has 2 aromatic heterocycles. The van der Waals surface area contributed by atoms with E-state index in [1.807, 2.05) is 24.7 Å². The SMILES string of the molecule is CCn1cc(Br)c(CN(C)C(=O)Cn2ncc(Cl)c2C)n1. The van der Waals surface area contributed by atoms with Gasteiger partial charge in [0.15, 0.2) is 0 Å². The predicted molar refractivity (Wildman–Crippen MR) is 84.0 cm³/mol. The Morgan fingerprint density at radius 1 is 1.52 bits per heavy atom. The van der Waals surface area contributed by atoms with E-state index in [2.05, 4.69) is 26.1 Å². The average molecular weight is 375 g/mol. The van der Waals surface area contributed by atoms with Crippen LogP contribution in [0.5, 0.6) is 0 Å². The van der Waals surface area contributed by atoms with E-state index in [0.29, 0.717) is 11.6 Å². The maximum Gasteiger partial charge on any atom is 0.244 e. The van der Waals surface area contributed by atoms with Crippen LogP contribution in [0.25, 0.3) is 0 Å². The number of rotatable bonds is 5. The molecule has 0 fully saturated rings. The van der Waals surface area contributed by atoms with E-state index in [4.69, 9.17) is 11.6 Å². The first-order chi connectivity index (χ1) is 9.92. The zero-order valence-electron chi connectivity index (χ0n) is 12.2. The summed E-state index contributed by atoms with van der Waals surface area (Å²) in [5.41, 5.74) is 1.62. The lowest BCUT2D eigenvalue weighted by molar-refractivity contribution is -0.131. The average Bonchev–Trinajstić information content (AvgIpc) is 2.96. The minimum Gasteiger partial charge on any atom is -0.338 e. The molecule has 2 aromatic rings. The van der Waals surface area contributed by atoms with Crippen molar-refractivity contribution in [3.05, 3.63) is 33.3 Å². The fraction of sp³-hybridized carbons (Fsp3) is 0.462. The number of aromatic nitrogens is 4. The molecule has 0 N–H and O–H groups in total. The molecule has 0 aliphatic rings. The first kappa shape index (κ1) is 16.0. The van der Waals surface area contributed by atoms with Crippen molar-refractivity contribution in [2.24, 2.45) is 0 Å². The third-order valence-corrected chi connectivity index (χ3v) is 4.29. The summed E-state index contributed by atoms with van der Waals surface area (Å²) in [6, 6.07) is 0. The molecule has 0 aliphatic carbocycles. The lowest BCUT2D eigenvalue weighted by Gasteiger charge is -2.16. The molecule has 0 aliphatic heterocycles. The van der Waals surface area contributed by atoms with Crippen LogP contribution in [-0.2, 0) is 24.4 Å². The summed E-state index contributed by atoms with van der Waals surface area (Å²) in [5, 5.41) is 9.06. The van der Waals surface area contributed by atoms with Gasteiger partial charge < -0.3 is 4.90 Å². The number of likely N-dealkylation sites (N-methyl/N-ethyl adjacent to an activating group) is 1. The normalized spacial score (nSPS) is 10.9. The maximum atomic E-state index is 12.2. The molecule has 2 rings (SSSR count). The second-order valence-electron chi connectivity index (χ2n) is 4.76. The van der Waals surface area contributed by atoms with Crippen LogP contribution >= 0.6 is 27.5 Å². The number of carbonyl (C=O) groups excluding carboxylic acids is 1. The molecule has 0 bridgehead atoms. The molecule has 1 amide bonds. The van der Waals surface area contributed by atoms with Crippen molar-refractivity contribution < 1.29 is 4.79 Å². The number of hydrogen-bond donors (Lipinski definition) is 0. The third kappa shape index (κ3) is 3.65. The monoisotopic (exact) mass is 373 g/mol. The van der Waals surface area contributed by atoms with Crippen molar-refractivity contribution in [2.75, 3.05) is 7.05 Å². The van der Waals surface area contributed by atoms with Crippen molar-refractivity contribution in [1.29, 1.82) is 0 Å². The van der Waals surface area contributed by atoms with Crippen LogP contribution in [0.15, 0.2) is 16.9 Å². The van der Waals surface area contributed by atoms with Crippen molar-refractivity contribution in [3.63, 3.8) is 0 Å². The summed E-state index contributed by atoms with van der Waals surface area (Å²) >= 11 is 9.40. The second kappa shape index (κ2) is 6.62. The van der Waals surface area contributed by atoms with Crippen LogP contribution in [0, 0.1) is 6.92 Å². The van der Waals surface area contributed by atoms with Crippen LogP contribution in [0.4, 0.5) is 0 Å². The van der Waals surface area contributed by atoms with Crippen LogP contribution in [-0.4, -0.2) is 37.4 Å². The minimum absolute atomic E-state index is 0.0455. The van der Waals surface area contributed by atoms with E-state index < -0.39 is 0 Å². The summed E-state index contributed by atoms with van der Waals surface area (Å²) in [7, 11) is 1.75. The molecule has 114 valence electrons. The van der Waals surface area contributed by atoms with Gasteiger partial charge in [-0.15, -0.1) is 0 Å². The number of hydrogen-bond acceptors (Lipinski definition) is 3. The van der Waals surface area contributed by atoms with Crippen molar-refractivity contribution >= 4 is 33.4 Å². The molecular formula is C13H17BrClN5O. The van der Waals surface area contributed by atoms with Crippen LogP contribution in [0.1, 0.15) is 18.3 Å². The molecule has 0 saturated carbocycles. The van der Waals surface area contributed by atoms with Gasteiger partial charge in [-0.2, -0.15) is 10.2 Å². The zero-order valence-corrected chi connectivity index (χ0v) is 14.5. The standard InChI is InChI=1S/C13H17BrClN5O/c1-4-19-6-10(14)12(17-19)7-18(3)13(21)8-20-9(2)11(15)5-16-20/h5-6H,4,7-8H2,1-3H3. The molecule has 0 radical (unpaired) electrons. The highest BCUT2D eigenvalue weighted by molar-refractivity contribution is 9.10. The number of carbonyl (C=O) groups is 1. The lowest BCUT2D eigenvalue weighted by Crippen LogP contribution is -2.30. The molecule has 8 heteroatoms. The van der Waals surface area contributed by atoms with Crippen LogP contribution in [0.3, 0.4) is 0 Å². The van der Waals surface area contributed by atoms with Gasteiger partial charge in [0.2, 0.25) is 5.91 Å². The molecular weight excluding hydrogens is 358 g/mol. The first-order valence-electron chi connectivity index (χ1n) is 6.56. The van der Waals surface area contributed by atoms with E-state index >= 15 is 0 Å². The van der Waals surface area contributed by atoms with Gasteiger partial charge in [0, 0.05) is 19.8 Å². The second-order valence-corrected chi connectivity index (χ2v) is 6.03. The Bertz CT molecular complexity index is 651. The van der Waals surface area contributed by atoms with E-state index in [1.54, 1.807) is 22.8 Å². The van der Waals surface area contributed by atoms with E-state index in [-0.39, 0.29) is 12.5 Å². The van der Waals surface area contributed by atoms with Crippen molar-refractivity contribution in [2.45, 2.75) is 33.5 Å². The summed E-state index contributed by atoms with van der Waals surface area (Å²) < 4.78 is 4.33. The highest BCUT2D eigenvalue weighted by atomic mass is 79.9. The number of nitrogens with zero attached hydrogens (tertiary/aromatic N) is 5.